The molecule has 2 atom stereocenters. The van der Waals surface area contributed by atoms with Crippen molar-refractivity contribution < 1.29 is 5.11 Å². The van der Waals surface area contributed by atoms with Crippen LogP contribution in [0.25, 0.3) is 0 Å². The van der Waals surface area contributed by atoms with Crippen LogP contribution < -0.4 is 5.32 Å². The number of likely N-dealkylation sites (tertiary alicyclic amines) is 1. The van der Waals surface area contributed by atoms with Gasteiger partial charge < -0.3 is 10.4 Å². The first-order chi connectivity index (χ1) is 8.81. The first kappa shape index (κ1) is 12.0. The van der Waals surface area contributed by atoms with Crippen LogP contribution in [-0.2, 0) is 6.54 Å². The number of nitrogens with zero attached hydrogens (tertiary/aromatic N) is 1. The Labute approximate surface area is 109 Å². The number of aromatic hydroxyl groups is 1. The summed E-state index contributed by atoms with van der Waals surface area (Å²) in [6, 6.07) is 8.40. The number of piperidine rings is 2. The number of benzene rings is 1. The number of hydrogen-bond donors (Lipinski definition) is 2. The summed E-state index contributed by atoms with van der Waals surface area (Å²) in [6.07, 6.45) is 3.96. The van der Waals surface area contributed by atoms with Crippen LogP contribution in [0.4, 0.5) is 0 Å². The molecule has 0 amide bonds. The lowest BCUT2D eigenvalue weighted by atomic mass is 9.85. The van der Waals surface area contributed by atoms with Crippen LogP contribution in [0, 0.1) is 5.92 Å². The van der Waals surface area contributed by atoms with E-state index in [4.69, 9.17) is 0 Å². The van der Waals surface area contributed by atoms with Crippen molar-refractivity contribution >= 4 is 0 Å². The molecule has 18 heavy (non-hydrogen) atoms. The van der Waals surface area contributed by atoms with E-state index in [1.165, 1.54) is 44.5 Å². The van der Waals surface area contributed by atoms with E-state index in [-0.39, 0.29) is 0 Å². The molecule has 0 aliphatic carbocycles. The summed E-state index contributed by atoms with van der Waals surface area (Å²) >= 11 is 0. The average molecular weight is 246 g/mol. The van der Waals surface area contributed by atoms with Crippen LogP contribution >= 0.6 is 0 Å². The van der Waals surface area contributed by atoms with Crippen LogP contribution in [0.1, 0.15) is 24.8 Å². The minimum absolute atomic E-state index is 0.377. The summed E-state index contributed by atoms with van der Waals surface area (Å²) in [7, 11) is 0. The van der Waals surface area contributed by atoms with Crippen molar-refractivity contribution in [1.29, 1.82) is 0 Å². The Balaban J connectivity index is 1.61. The van der Waals surface area contributed by atoms with Gasteiger partial charge in [0.05, 0.1) is 0 Å². The van der Waals surface area contributed by atoms with E-state index >= 15 is 0 Å². The van der Waals surface area contributed by atoms with Gasteiger partial charge in [0.1, 0.15) is 5.75 Å². The van der Waals surface area contributed by atoms with E-state index < -0.39 is 0 Å². The highest BCUT2D eigenvalue weighted by atomic mass is 16.3. The maximum Gasteiger partial charge on any atom is 0.115 e. The third-order valence-corrected chi connectivity index (χ3v) is 4.29. The van der Waals surface area contributed by atoms with Crippen LogP contribution in [0.3, 0.4) is 0 Å². The van der Waals surface area contributed by atoms with Gasteiger partial charge in [0.25, 0.3) is 0 Å². The molecule has 2 N–H and O–H groups in total. The largest absolute Gasteiger partial charge is 0.508 e. The second-order valence-electron chi connectivity index (χ2n) is 5.66. The molecule has 2 unspecified atom stereocenters. The number of phenols is 1. The van der Waals surface area contributed by atoms with Gasteiger partial charge in [-0.15, -0.1) is 0 Å². The van der Waals surface area contributed by atoms with E-state index in [2.05, 4.69) is 16.3 Å². The van der Waals surface area contributed by atoms with Crippen molar-refractivity contribution in [2.45, 2.75) is 31.8 Å². The molecule has 1 aromatic carbocycles. The van der Waals surface area contributed by atoms with Gasteiger partial charge in [0, 0.05) is 19.1 Å². The highest BCUT2D eigenvalue weighted by molar-refractivity contribution is 5.27. The molecule has 0 aromatic heterocycles. The van der Waals surface area contributed by atoms with Gasteiger partial charge in [0.2, 0.25) is 0 Å². The standard InChI is InChI=1S/C15H22N2O/c18-14-5-1-3-12(9-14)10-17-8-6-15-13(11-17)4-2-7-16-15/h1,3,5,9,13,15-16,18H,2,4,6-8,10-11H2. The molecule has 2 aliphatic rings. The summed E-state index contributed by atoms with van der Waals surface area (Å²) < 4.78 is 0. The molecule has 3 rings (SSSR count). The van der Waals surface area contributed by atoms with Crippen molar-refractivity contribution in [2.24, 2.45) is 5.92 Å². The lowest BCUT2D eigenvalue weighted by Crippen LogP contribution is -2.51. The lowest BCUT2D eigenvalue weighted by molar-refractivity contribution is 0.109. The van der Waals surface area contributed by atoms with Gasteiger partial charge >= 0.3 is 0 Å². The quantitative estimate of drug-likeness (QED) is 0.837. The van der Waals surface area contributed by atoms with Crippen molar-refractivity contribution in [3.05, 3.63) is 29.8 Å². The molecule has 3 heteroatoms. The van der Waals surface area contributed by atoms with Gasteiger partial charge in [-0.25, -0.2) is 0 Å². The molecule has 2 fully saturated rings. The SMILES string of the molecule is Oc1cccc(CN2CCC3NCCCC3C2)c1. The highest BCUT2D eigenvalue weighted by Gasteiger charge is 2.30. The van der Waals surface area contributed by atoms with Crippen LogP contribution in [0.5, 0.6) is 5.75 Å². The van der Waals surface area contributed by atoms with Crippen LogP contribution in [-0.4, -0.2) is 35.7 Å². The highest BCUT2D eigenvalue weighted by Crippen LogP contribution is 2.26. The van der Waals surface area contributed by atoms with Crippen molar-refractivity contribution in [1.82, 2.24) is 10.2 Å². The minimum Gasteiger partial charge on any atom is -0.508 e. The first-order valence-corrected chi connectivity index (χ1v) is 7.05. The van der Waals surface area contributed by atoms with Crippen molar-refractivity contribution in [3.63, 3.8) is 0 Å². The van der Waals surface area contributed by atoms with Crippen LogP contribution in [0.2, 0.25) is 0 Å². The lowest BCUT2D eigenvalue weighted by Gasteiger charge is -2.41. The topological polar surface area (TPSA) is 35.5 Å². The summed E-state index contributed by atoms with van der Waals surface area (Å²) in [5.41, 5.74) is 1.22. The fourth-order valence-corrected chi connectivity index (χ4v) is 3.38. The smallest absolute Gasteiger partial charge is 0.115 e. The molecule has 0 spiro atoms. The van der Waals surface area contributed by atoms with E-state index in [1.54, 1.807) is 6.07 Å². The third kappa shape index (κ3) is 2.68. The number of phenolic OH excluding ortho intramolecular Hbond substituents is 1. The van der Waals surface area contributed by atoms with E-state index in [9.17, 15) is 5.11 Å². The molecule has 2 heterocycles. The number of fused-ring (bicyclic) bond motifs is 1. The number of rotatable bonds is 2. The Hall–Kier alpha value is -1.06. The molecule has 0 saturated carbocycles. The number of nitrogens with one attached hydrogen (secondary N) is 1. The molecule has 2 aliphatic heterocycles. The average Bonchev–Trinajstić information content (AvgIpc) is 2.39. The predicted octanol–water partition coefficient (Wildman–Crippen LogP) is 1.97. The normalized spacial score (nSPS) is 28.9. The molecule has 0 bridgehead atoms. The van der Waals surface area contributed by atoms with Gasteiger partial charge in [0.15, 0.2) is 0 Å². The summed E-state index contributed by atoms with van der Waals surface area (Å²) in [6.45, 7) is 4.54. The zero-order valence-corrected chi connectivity index (χ0v) is 10.8. The first-order valence-electron chi connectivity index (χ1n) is 7.05. The predicted molar refractivity (Wildman–Crippen MR) is 72.5 cm³/mol. The van der Waals surface area contributed by atoms with Gasteiger partial charge in [-0.1, -0.05) is 12.1 Å². The van der Waals surface area contributed by atoms with E-state index in [0.717, 1.165) is 18.5 Å². The van der Waals surface area contributed by atoms with E-state index in [0.29, 0.717) is 5.75 Å². The minimum atomic E-state index is 0.377. The monoisotopic (exact) mass is 246 g/mol. The summed E-state index contributed by atoms with van der Waals surface area (Å²) in [4.78, 5) is 2.53. The molecule has 3 nitrogen and oxygen atoms in total. The second kappa shape index (κ2) is 5.29. The Morgan fingerprint density at radius 1 is 1.33 bits per heavy atom. The molecular weight excluding hydrogens is 224 g/mol. The molecular formula is C15H22N2O. The fraction of sp³-hybridized carbons (Fsp3) is 0.600. The zero-order valence-electron chi connectivity index (χ0n) is 10.8. The third-order valence-electron chi connectivity index (χ3n) is 4.29. The van der Waals surface area contributed by atoms with Gasteiger partial charge in [-0.2, -0.15) is 0 Å². The summed E-state index contributed by atoms with van der Waals surface area (Å²) in [5, 5.41) is 13.1. The Bertz CT molecular complexity index is 407. The summed E-state index contributed by atoms with van der Waals surface area (Å²) in [5.74, 6) is 1.20. The number of hydrogen-bond acceptors (Lipinski definition) is 3. The molecule has 98 valence electrons. The molecule has 2 saturated heterocycles. The zero-order chi connectivity index (χ0) is 12.4. The van der Waals surface area contributed by atoms with Crippen molar-refractivity contribution in [3.8, 4) is 5.75 Å². The van der Waals surface area contributed by atoms with Gasteiger partial charge in [-0.3, -0.25) is 4.90 Å². The Morgan fingerprint density at radius 2 is 2.28 bits per heavy atom. The van der Waals surface area contributed by atoms with Crippen molar-refractivity contribution in [2.75, 3.05) is 19.6 Å². The van der Waals surface area contributed by atoms with E-state index in [1.807, 2.05) is 12.1 Å². The molecule has 0 radical (unpaired) electrons. The van der Waals surface area contributed by atoms with Crippen LogP contribution in [0.15, 0.2) is 24.3 Å². The second-order valence-corrected chi connectivity index (χ2v) is 5.66. The maximum atomic E-state index is 9.50. The van der Waals surface area contributed by atoms with Gasteiger partial charge in [-0.05, 0) is 56.0 Å². The molecule has 1 aromatic rings. The maximum absolute atomic E-state index is 9.50. The fourth-order valence-electron chi connectivity index (χ4n) is 3.38. The Morgan fingerprint density at radius 3 is 3.17 bits per heavy atom. The Kier molecular flexibility index (Phi) is 3.52.